The Morgan fingerprint density at radius 1 is 1.53 bits per heavy atom. The number of rotatable bonds is 5. The van der Waals surface area contributed by atoms with E-state index in [4.69, 9.17) is 5.11 Å². The summed E-state index contributed by atoms with van der Waals surface area (Å²) in [5, 5.41) is 12.1. The Labute approximate surface area is 110 Å². The summed E-state index contributed by atoms with van der Waals surface area (Å²) in [6.45, 7) is 0. The Hall–Kier alpha value is -1.85. The van der Waals surface area contributed by atoms with Crippen LogP contribution in [0.25, 0.3) is 0 Å². The van der Waals surface area contributed by atoms with E-state index in [-0.39, 0.29) is 17.8 Å². The molecule has 2 fully saturated rings. The third-order valence-corrected chi connectivity index (χ3v) is 3.99. The van der Waals surface area contributed by atoms with Crippen LogP contribution in [0.5, 0.6) is 0 Å². The second-order valence-corrected chi connectivity index (χ2v) is 5.55. The van der Waals surface area contributed by atoms with Gasteiger partial charge in [0.15, 0.2) is 5.82 Å². The van der Waals surface area contributed by atoms with Crippen molar-refractivity contribution >= 4 is 11.8 Å². The molecule has 6 nitrogen and oxygen atoms in total. The largest absolute Gasteiger partial charge is 0.481 e. The molecule has 0 unspecified atom stereocenters. The molecular weight excluding hydrogens is 246 g/mol. The normalized spacial score (nSPS) is 20.6. The molecule has 0 amide bonds. The second kappa shape index (κ2) is 4.36. The third-order valence-electron chi connectivity index (χ3n) is 3.99. The van der Waals surface area contributed by atoms with Crippen LogP contribution in [0.15, 0.2) is 17.2 Å². The zero-order chi connectivity index (χ0) is 13.5. The monoisotopic (exact) mass is 263 g/mol. The molecule has 1 aromatic rings. The Bertz CT molecular complexity index is 558. The molecule has 2 aliphatic carbocycles. The van der Waals surface area contributed by atoms with Crippen molar-refractivity contribution in [2.75, 3.05) is 5.32 Å². The van der Waals surface area contributed by atoms with Crippen LogP contribution in [0.1, 0.15) is 44.6 Å². The molecule has 0 bridgehead atoms. The number of anilines is 1. The van der Waals surface area contributed by atoms with Crippen LogP contribution < -0.4 is 10.9 Å². The van der Waals surface area contributed by atoms with Crippen molar-refractivity contribution in [3.8, 4) is 0 Å². The van der Waals surface area contributed by atoms with Gasteiger partial charge in [-0.3, -0.25) is 9.59 Å². The molecule has 0 aliphatic heterocycles. The molecular formula is C13H17N3O3. The number of aromatic nitrogens is 2. The minimum atomic E-state index is -0.842. The first-order valence-corrected chi connectivity index (χ1v) is 6.67. The van der Waals surface area contributed by atoms with Gasteiger partial charge in [-0.15, -0.1) is 0 Å². The van der Waals surface area contributed by atoms with E-state index < -0.39 is 11.5 Å². The van der Waals surface area contributed by atoms with E-state index in [0.717, 1.165) is 32.1 Å². The molecule has 1 aromatic heterocycles. The highest BCUT2D eigenvalue weighted by atomic mass is 16.4. The maximum atomic E-state index is 12.2. The van der Waals surface area contributed by atoms with Crippen molar-refractivity contribution in [3.63, 3.8) is 0 Å². The van der Waals surface area contributed by atoms with Crippen LogP contribution in [0, 0.1) is 0 Å². The van der Waals surface area contributed by atoms with Gasteiger partial charge in [-0.1, -0.05) is 0 Å². The topological polar surface area (TPSA) is 84.2 Å². The molecule has 1 heterocycles. The van der Waals surface area contributed by atoms with E-state index in [1.54, 1.807) is 17.0 Å². The third kappa shape index (κ3) is 2.34. The standard InChI is InChI=1S/C13H17N3O3/c17-10(18)8-13(4-1-5-13)15-11-12(19)16(7-6-14-11)9-2-3-9/h6-7,9H,1-5,8H2,(H,14,15)(H,17,18). The number of carbonyl (C=O) groups is 1. The fraction of sp³-hybridized carbons (Fsp3) is 0.615. The number of hydrogen-bond donors (Lipinski definition) is 2. The molecule has 0 atom stereocenters. The first-order chi connectivity index (χ1) is 9.10. The van der Waals surface area contributed by atoms with Crippen LogP contribution >= 0.6 is 0 Å². The maximum Gasteiger partial charge on any atom is 0.305 e. The number of hydrogen-bond acceptors (Lipinski definition) is 4. The molecule has 3 rings (SSSR count). The zero-order valence-corrected chi connectivity index (χ0v) is 10.6. The molecule has 102 valence electrons. The van der Waals surface area contributed by atoms with Gasteiger partial charge in [-0.05, 0) is 32.1 Å². The van der Waals surface area contributed by atoms with Crippen molar-refractivity contribution in [2.45, 2.75) is 50.1 Å². The van der Waals surface area contributed by atoms with Crippen molar-refractivity contribution in [3.05, 3.63) is 22.7 Å². The van der Waals surface area contributed by atoms with Crippen LogP contribution in [0.2, 0.25) is 0 Å². The van der Waals surface area contributed by atoms with Gasteiger partial charge in [-0.2, -0.15) is 0 Å². The lowest BCUT2D eigenvalue weighted by Crippen LogP contribution is -2.48. The van der Waals surface area contributed by atoms with Gasteiger partial charge >= 0.3 is 5.97 Å². The molecule has 2 aliphatic rings. The summed E-state index contributed by atoms with van der Waals surface area (Å²) in [6.07, 6.45) is 7.95. The predicted molar refractivity (Wildman–Crippen MR) is 69.2 cm³/mol. The molecule has 0 aromatic carbocycles. The van der Waals surface area contributed by atoms with E-state index in [2.05, 4.69) is 10.3 Å². The van der Waals surface area contributed by atoms with Crippen molar-refractivity contribution < 1.29 is 9.90 Å². The van der Waals surface area contributed by atoms with Gasteiger partial charge in [0.2, 0.25) is 0 Å². The molecule has 0 saturated heterocycles. The fourth-order valence-electron chi connectivity index (χ4n) is 2.64. The fourth-order valence-corrected chi connectivity index (χ4v) is 2.64. The van der Waals surface area contributed by atoms with E-state index in [9.17, 15) is 9.59 Å². The summed E-state index contributed by atoms with van der Waals surface area (Å²) in [7, 11) is 0. The Kier molecular flexibility index (Phi) is 2.80. The first kappa shape index (κ1) is 12.2. The van der Waals surface area contributed by atoms with Gasteiger partial charge in [-0.25, -0.2) is 4.98 Å². The van der Waals surface area contributed by atoms with Gasteiger partial charge in [0.05, 0.1) is 6.42 Å². The van der Waals surface area contributed by atoms with E-state index in [1.807, 2.05) is 0 Å². The number of nitrogens with zero attached hydrogens (tertiary/aromatic N) is 2. The molecule has 0 radical (unpaired) electrons. The lowest BCUT2D eigenvalue weighted by molar-refractivity contribution is -0.138. The van der Waals surface area contributed by atoms with Gasteiger partial charge in [0.25, 0.3) is 5.56 Å². The average molecular weight is 263 g/mol. The van der Waals surface area contributed by atoms with Crippen LogP contribution in [-0.4, -0.2) is 26.2 Å². The van der Waals surface area contributed by atoms with Gasteiger partial charge in [0, 0.05) is 24.0 Å². The summed E-state index contributed by atoms with van der Waals surface area (Å²) in [6, 6.07) is 0.299. The molecule has 6 heteroatoms. The van der Waals surface area contributed by atoms with E-state index in [0.29, 0.717) is 6.04 Å². The van der Waals surface area contributed by atoms with E-state index in [1.165, 1.54) is 0 Å². The zero-order valence-electron chi connectivity index (χ0n) is 10.6. The summed E-state index contributed by atoms with van der Waals surface area (Å²) < 4.78 is 1.70. The lowest BCUT2D eigenvalue weighted by atomic mass is 9.74. The Balaban J connectivity index is 1.84. The second-order valence-electron chi connectivity index (χ2n) is 5.55. The quantitative estimate of drug-likeness (QED) is 0.838. The smallest absolute Gasteiger partial charge is 0.305 e. The molecule has 19 heavy (non-hydrogen) atoms. The SMILES string of the molecule is O=C(O)CC1(Nc2nccn(C3CC3)c2=O)CCC1. The molecule has 2 N–H and O–H groups in total. The van der Waals surface area contributed by atoms with Crippen molar-refractivity contribution in [2.24, 2.45) is 0 Å². The number of carboxylic acids is 1. The van der Waals surface area contributed by atoms with Crippen molar-refractivity contribution in [1.82, 2.24) is 9.55 Å². The number of nitrogens with one attached hydrogen (secondary N) is 1. The predicted octanol–water partition coefficient (Wildman–Crippen LogP) is 1.39. The number of aliphatic carboxylic acids is 1. The van der Waals surface area contributed by atoms with Crippen LogP contribution in [0.3, 0.4) is 0 Å². The highest BCUT2D eigenvalue weighted by Crippen LogP contribution is 2.37. The van der Waals surface area contributed by atoms with Crippen LogP contribution in [-0.2, 0) is 4.79 Å². The number of carboxylic acid groups (broad SMARTS) is 1. The summed E-state index contributed by atoms with van der Waals surface area (Å²) >= 11 is 0. The highest BCUT2D eigenvalue weighted by molar-refractivity contribution is 5.69. The van der Waals surface area contributed by atoms with Gasteiger partial charge in [0.1, 0.15) is 0 Å². The summed E-state index contributed by atoms with van der Waals surface area (Å²) in [5.41, 5.74) is -0.623. The summed E-state index contributed by atoms with van der Waals surface area (Å²) in [4.78, 5) is 27.3. The first-order valence-electron chi connectivity index (χ1n) is 6.67. The van der Waals surface area contributed by atoms with E-state index >= 15 is 0 Å². The highest BCUT2D eigenvalue weighted by Gasteiger charge is 2.40. The van der Waals surface area contributed by atoms with Crippen molar-refractivity contribution in [1.29, 1.82) is 0 Å². The minimum Gasteiger partial charge on any atom is -0.481 e. The molecule has 2 saturated carbocycles. The molecule has 0 spiro atoms. The Morgan fingerprint density at radius 3 is 2.79 bits per heavy atom. The maximum absolute atomic E-state index is 12.2. The summed E-state index contributed by atoms with van der Waals surface area (Å²) in [5.74, 6) is -0.555. The van der Waals surface area contributed by atoms with Crippen LogP contribution in [0.4, 0.5) is 5.82 Å². The van der Waals surface area contributed by atoms with Gasteiger partial charge < -0.3 is 15.0 Å². The average Bonchev–Trinajstić information content (AvgIpc) is 3.12. The Morgan fingerprint density at radius 2 is 2.26 bits per heavy atom. The minimum absolute atomic E-state index is 0.0342. The lowest BCUT2D eigenvalue weighted by Gasteiger charge is -2.41.